The number of hydrogen-bond acceptors (Lipinski definition) is 5. The molecule has 0 saturated heterocycles. The quantitative estimate of drug-likeness (QED) is 0.883. The molecular weight excluding hydrogens is 347 g/mol. The molecule has 0 spiro atoms. The van der Waals surface area contributed by atoms with E-state index in [2.05, 4.69) is 21.3 Å². The molecule has 2 N–H and O–H groups in total. The zero-order valence-corrected chi connectivity index (χ0v) is 14.1. The highest BCUT2D eigenvalue weighted by Crippen LogP contribution is 2.31. The third kappa shape index (κ3) is 2.52. The summed E-state index contributed by atoms with van der Waals surface area (Å²) < 4.78 is 1.53. The Bertz CT molecular complexity index is 739. The van der Waals surface area contributed by atoms with E-state index in [0.29, 0.717) is 32.3 Å². The molecule has 22 heavy (non-hydrogen) atoms. The van der Waals surface area contributed by atoms with Crippen molar-refractivity contribution >= 4 is 40.6 Å². The molecule has 3 rings (SSSR count). The highest BCUT2D eigenvalue weighted by molar-refractivity contribution is 6.43. The molecule has 0 aliphatic carbocycles. The Kier molecular flexibility index (Phi) is 4.18. The van der Waals surface area contributed by atoms with Crippen molar-refractivity contribution in [1.82, 2.24) is 25.9 Å². The van der Waals surface area contributed by atoms with Crippen LogP contribution in [0.3, 0.4) is 0 Å². The Hall–Kier alpha value is -1.47. The second kappa shape index (κ2) is 5.96. The zero-order valence-electron chi connectivity index (χ0n) is 11.8. The minimum Gasteiger partial charge on any atom is -0.268 e. The van der Waals surface area contributed by atoms with Crippen molar-refractivity contribution in [3.8, 4) is 5.69 Å². The third-order valence-electron chi connectivity index (χ3n) is 3.19. The predicted molar refractivity (Wildman–Crippen MR) is 88.4 cm³/mol. The average molecular weight is 360 g/mol. The molecule has 1 aliphatic rings. The summed E-state index contributed by atoms with van der Waals surface area (Å²) in [6.07, 6.45) is 1.64. The van der Waals surface area contributed by atoms with Gasteiger partial charge in [0.25, 0.3) is 0 Å². The van der Waals surface area contributed by atoms with Crippen LogP contribution in [-0.4, -0.2) is 26.7 Å². The largest absolute Gasteiger partial charge is 0.268 e. The Morgan fingerprint density at radius 3 is 2.68 bits per heavy atom. The van der Waals surface area contributed by atoms with Crippen molar-refractivity contribution in [2.75, 3.05) is 0 Å². The van der Waals surface area contributed by atoms with Gasteiger partial charge in [-0.25, -0.2) is 10.2 Å². The number of hydrogen-bond donors (Lipinski definition) is 2. The second-order valence-electron chi connectivity index (χ2n) is 4.96. The molecule has 2 aromatic rings. The minimum absolute atomic E-state index is 0.183. The minimum atomic E-state index is 0.183. The van der Waals surface area contributed by atoms with Gasteiger partial charge in [0, 0.05) is 6.04 Å². The summed E-state index contributed by atoms with van der Waals surface area (Å²) in [6, 6.07) is 5.48. The molecule has 0 bridgehead atoms. The molecule has 0 unspecified atom stereocenters. The Labute approximate surface area is 142 Å². The van der Waals surface area contributed by atoms with Gasteiger partial charge in [0.2, 0.25) is 0 Å². The highest BCUT2D eigenvalue weighted by Gasteiger charge is 2.26. The van der Waals surface area contributed by atoms with E-state index in [1.807, 2.05) is 18.9 Å². The molecule has 0 radical (unpaired) electrons. The number of nitrogens with one attached hydrogen (secondary N) is 2. The van der Waals surface area contributed by atoms with Gasteiger partial charge in [0.1, 0.15) is 5.15 Å². The van der Waals surface area contributed by atoms with Crippen LogP contribution in [-0.2, 0) is 0 Å². The third-order valence-corrected chi connectivity index (χ3v) is 4.36. The fraction of sp³-hybridized carbons (Fsp3) is 0.231. The molecule has 1 aromatic carbocycles. The maximum atomic E-state index is 6.47. The van der Waals surface area contributed by atoms with Crippen LogP contribution in [0.25, 0.3) is 5.69 Å². The first-order chi connectivity index (χ1) is 10.5. The molecule has 1 aliphatic heterocycles. The van der Waals surface area contributed by atoms with Gasteiger partial charge in [-0.3, -0.25) is 5.01 Å². The van der Waals surface area contributed by atoms with Crippen molar-refractivity contribution in [3.05, 3.63) is 45.2 Å². The van der Waals surface area contributed by atoms with E-state index in [1.165, 1.54) is 4.68 Å². The van der Waals surface area contributed by atoms with Crippen LogP contribution in [0.2, 0.25) is 15.2 Å². The van der Waals surface area contributed by atoms with Crippen LogP contribution in [0.5, 0.6) is 0 Å². The monoisotopic (exact) mass is 358 g/mol. The van der Waals surface area contributed by atoms with Gasteiger partial charge in [-0.15, -0.1) is 10.6 Å². The molecule has 6 nitrogen and oxygen atoms in total. The van der Waals surface area contributed by atoms with Gasteiger partial charge in [0.05, 0.1) is 27.5 Å². The lowest BCUT2D eigenvalue weighted by atomic mass is 10.2. The maximum Gasteiger partial charge on any atom is 0.178 e. The number of amidine groups is 1. The first-order valence-electron chi connectivity index (χ1n) is 6.56. The lowest BCUT2D eigenvalue weighted by Gasteiger charge is -2.22. The summed E-state index contributed by atoms with van der Waals surface area (Å²) in [5.41, 5.74) is 6.95. The van der Waals surface area contributed by atoms with E-state index in [4.69, 9.17) is 34.8 Å². The molecule has 0 amide bonds. The average Bonchev–Trinajstić information content (AvgIpc) is 3.08. The summed E-state index contributed by atoms with van der Waals surface area (Å²) in [4.78, 5) is 0. The van der Waals surface area contributed by atoms with Crippen LogP contribution in [0.4, 0.5) is 0 Å². The summed E-state index contributed by atoms with van der Waals surface area (Å²) in [5, 5.41) is 11.6. The number of nitrogens with zero attached hydrogens (tertiary/aromatic N) is 4. The second-order valence-corrected chi connectivity index (χ2v) is 6.10. The van der Waals surface area contributed by atoms with E-state index in [9.17, 15) is 0 Å². The molecule has 0 fully saturated rings. The fourth-order valence-corrected chi connectivity index (χ4v) is 2.75. The van der Waals surface area contributed by atoms with Crippen molar-refractivity contribution in [1.29, 1.82) is 0 Å². The van der Waals surface area contributed by atoms with Gasteiger partial charge in [-0.1, -0.05) is 40.9 Å². The van der Waals surface area contributed by atoms with E-state index < -0.39 is 0 Å². The molecule has 2 heterocycles. The van der Waals surface area contributed by atoms with Crippen LogP contribution in [0.1, 0.15) is 19.4 Å². The predicted octanol–water partition coefficient (Wildman–Crippen LogP) is 3.23. The van der Waals surface area contributed by atoms with E-state index in [-0.39, 0.29) is 6.04 Å². The van der Waals surface area contributed by atoms with Gasteiger partial charge < -0.3 is 0 Å². The zero-order chi connectivity index (χ0) is 15.9. The van der Waals surface area contributed by atoms with E-state index in [1.54, 1.807) is 24.4 Å². The summed E-state index contributed by atoms with van der Waals surface area (Å²) in [7, 11) is 0. The van der Waals surface area contributed by atoms with Gasteiger partial charge in [-0.2, -0.15) is 5.10 Å². The number of hydrazone groups is 1. The summed E-state index contributed by atoms with van der Waals surface area (Å²) in [5.74, 6) is 0.657. The van der Waals surface area contributed by atoms with Crippen LogP contribution in [0, 0.1) is 0 Å². The van der Waals surface area contributed by atoms with E-state index >= 15 is 0 Å². The number of benzene rings is 1. The topological polar surface area (TPSA) is 57.5 Å². The SMILES string of the molecule is CC(C)N1NNN=C1c1cnn(-c2cccc(Cl)c2Cl)c1Cl. The highest BCUT2D eigenvalue weighted by atomic mass is 35.5. The van der Waals surface area contributed by atoms with Crippen molar-refractivity contribution < 1.29 is 0 Å². The van der Waals surface area contributed by atoms with E-state index in [0.717, 1.165) is 0 Å². The molecule has 9 heteroatoms. The summed E-state index contributed by atoms with van der Waals surface area (Å²) >= 11 is 18.7. The molecule has 116 valence electrons. The molecular formula is C13H13Cl3N6. The molecule has 0 saturated carbocycles. The van der Waals surface area contributed by atoms with Gasteiger partial charge in [0.15, 0.2) is 5.84 Å². The van der Waals surface area contributed by atoms with Crippen molar-refractivity contribution in [3.63, 3.8) is 0 Å². The van der Waals surface area contributed by atoms with Crippen LogP contribution >= 0.6 is 34.8 Å². The fourth-order valence-electron chi connectivity index (χ4n) is 2.11. The lowest BCUT2D eigenvalue weighted by molar-refractivity contribution is 0.246. The number of halogens is 3. The normalized spacial score (nSPS) is 14.5. The first-order valence-corrected chi connectivity index (χ1v) is 7.70. The Balaban J connectivity index is 2.05. The van der Waals surface area contributed by atoms with Crippen LogP contribution in [0.15, 0.2) is 29.5 Å². The number of hydrazine groups is 2. The maximum absolute atomic E-state index is 6.47. The lowest BCUT2D eigenvalue weighted by Crippen LogP contribution is -2.45. The van der Waals surface area contributed by atoms with Crippen molar-refractivity contribution in [2.45, 2.75) is 19.9 Å². The van der Waals surface area contributed by atoms with Gasteiger partial charge in [-0.05, 0) is 26.0 Å². The summed E-state index contributed by atoms with van der Waals surface area (Å²) in [6.45, 7) is 4.06. The molecule has 0 atom stereocenters. The first kappa shape index (κ1) is 15.4. The van der Waals surface area contributed by atoms with Gasteiger partial charge >= 0.3 is 0 Å². The van der Waals surface area contributed by atoms with Crippen molar-refractivity contribution in [2.24, 2.45) is 5.10 Å². The molecule has 1 aromatic heterocycles. The smallest absolute Gasteiger partial charge is 0.178 e. The standard InChI is InChI=1S/C13H13Cl3N6/c1-7(2)21-13(18-19-20-21)8-6-17-22(12(8)16)10-5-3-4-9(14)11(10)15/h3-7,19-20H,1-2H3. The van der Waals surface area contributed by atoms with Crippen LogP contribution < -0.4 is 11.1 Å². The number of rotatable bonds is 3. The Morgan fingerprint density at radius 2 is 1.95 bits per heavy atom. The Morgan fingerprint density at radius 1 is 1.18 bits per heavy atom. The number of aromatic nitrogens is 2.